The molecule has 1 fully saturated rings. The van der Waals surface area contributed by atoms with E-state index in [1.54, 1.807) is 6.26 Å². The van der Waals surface area contributed by atoms with Gasteiger partial charge < -0.3 is 9.47 Å². The predicted octanol–water partition coefficient (Wildman–Crippen LogP) is 1.40. The van der Waals surface area contributed by atoms with Crippen LogP contribution in [0.1, 0.15) is 20.3 Å². The second-order valence-electron chi connectivity index (χ2n) is 4.21. The van der Waals surface area contributed by atoms with Crippen molar-refractivity contribution in [3.63, 3.8) is 0 Å². The highest BCUT2D eigenvalue weighted by atomic mass is 32.2. The molecule has 0 amide bonds. The van der Waals surface area contributed by atoms with Crippen LogP contribution in [0.5, 0.6) is 0 Å². The summed E-state index contributed by atoms with van der Waals surface area (Å²) in [5, 5.41) is 0. The summed E-state index contributed by atoms with van der Waals surface area (Å²) in [6.07, 6.45) is 2.63. The highest BCUT2D eigenvalue weighted by Gasteiger charge is 2.24. The van der Waals surface area contributed by atoms with Crippen LogP contribution in [0.15, 0.2) is 0 Å². The zero-order chi connectivity index (χ0) is 10.6. The van der Waals surface area contributed by atoms with E-state index in [4.69, 9.17) is 9.47 Å². The molecule has 0 aliphatic carbocycles. The van der Waals surface area contributed by atoms with Gasteiger partial charge in [-0.15, -0.1) is 0 Å². The third-order valence-corrected chi connectivity index (χ3v) is 3.16. The Morgan fingerprint density at radius 2 is 1.93 bits per heavy atom. The molecule has 0 spiro atoms. The SMILES string of the molecule is CC(C)C1OCC(CCS(C)=O)CO1. The van der Waals surface area contributed by atoms with Crippen molar-refractivity contribution in [1.29, 1.82) is 0 Å². The van der Waals surface area contributed by atoms with Crippen LogP contribution in [-0.4, -0.2) is 35.7 Å². The van der Waals surface area contributed by atoms with E-state index in [1.807, 2.05) is 0 Å². The van der Waals surface area contributed by atoms with Crippen molar-refractivity contribution in [3.8, 4) is 0 Å². The van der Waals surface area contributed by atoms with Crippen molar-refractivity contribution >= 4 is 10.8 Å². The van der Waals surface area contributed by atoms with E-state index in [0.717, 1.165) is 25.4 Å². The molecule has 1 atom stereocenters. The Bertz CT molecular complexity index is 186. The minimum absolute atomic E-state index is 0.0432. The summed E-state index contributed by atoms with van der Waals surface area (Å²) in [4.78, 5) is 0. The summed E-state index contributed by atoms with van der Waals surface area (Å²) in [5.74, 6) is 1.59. The van der Waals surface area contributed by atoms with E-state index in [1.165, 1.54) is 0 Å². The topological polar surface area (TPSA) is 35.5 Å². The molecule has 0 N–H and O–H groups in total. The Labute approximate surface area is 88.6 Å². The zero-order valence-corrected chi connectivity index (χ0v) is 10.0. The van der Waals surface area contributed by atoms with Crippen LogP contribution in [-0.2, 0) is 20.3 Å². The molecule has 0 aromatic carbocycles. The van der Waals surface area contributed by atoms with Crippen molar-refractivity contribution in [2.45, 2.75) is 26.6 Å². The van der Waals surface area contributed by atoms with Crippen LogP contribution in [0.2, 0.25) is 0 Å². The molecular weight excluding hydrogens is 200 g/mol. The smallest absolute Gasteiger partial charge is 0.159 e. The fraction of sp³-hybridized carbons (Fsp3) is 1.00. The Hall–Kier alpha value is 0.0700. The molecule has 1 aliphatic rings. The monoisotopic (exact) mass is 220 g/mol. The minimum Gasteiger partial charge on any atom is -0.352 e. The van der Waals surface area contributed by atoms with E-state index in [2.05, 4.69) is 13.8 Å². The molecule has 1 unspecified atom stereocenters. The lowest BCUT2D eigenvalue weighted by atomic mass is 10.1. The van der Waals surface area contributed by atoms with Crippen molar-refractivity contribution in [1.82, 2.24) is 0 Å². The van der Waals surface area contributed by atoms with Crippen LogP contribution in [0.4, 0.5) is 0 Å². The molecular formula is C10H20O3S. The van der Waals surface area contributed by atoms with E-state index in [9.17, 15) is 4.21 Å². The summed E-state index contributed by atoms with van der Waals surface area (Å²) < 4.78 is 22.0. The zero-order valence-electron chi connectivity index (χ0n) is 9.19. The molecule has 84 valence electrons. The standard InChI is InChI=1S/C10H20O3S/c1-8(2)10-12-6-9(7-13-10)4-5-14(3)11/h8-10H,4-7H2,1-3H3. The molecule has 4 heteroatoms. The number of ether oxygens (including phenoxy) is 2. The quantitative estimate of drug-likeness (QED) is 0.718. The van der Waals surface area contributed by atoms with Gasteiger partial charge in [-0.05, 0) is 6.42 Å². The lowest BCUT2D eigenvalue weighted by Crippen LogP contribution is -2.35. The van der Waals surface area contributed by atoms with Gasteiger partial charge >= 0.3 is 0 Å². The largest absolute Gasteiger partial charge is 0.352 e. The summed E-state index contributed by atoms with van der Waals surface area (Å²) in [6, 6.07) is 0. The Kier molecular flexibility index (Phi) is 5.06. The van der Waals surface area contributed by atoms with Crippen molar-refractivity contribution in [2.75, 3.05) is 25.2 Å². The number of hydrogen-bond acceptors (Lipinski definition) is 3. The molecule has 14 heavy (non-hydrogen) atoms. The molecule has 0 aromatic heterocycles. The van der Waals surface area contributed by atoms with Crippen LogP contribution in [0.25, 0.3) is 0 Å². The highest BCUT2D eigenvalue weighted by Crippen LogP contribution is 2.19. The molecule has 3 nitrogen and oxygen atoms in total. The molecule has 0 bridgehead atoms. The fourth-order valence-electron chi connectivity index (χ4n) is 1.44. The molecule has 0 saturated carbocycles. The van der Waals surface area contributed by atoms with Gasteiger partial charge in [-0.2, -0.15) is 0 Å². The van der Waals surface area contributed by atoms with Crippen molar-refractivity contribution < 1.29 is 13.7 Å². The molecule has 1 saturated heterocycles. The van der Waals surface area contributed by atoms with Crippen molar-refractivity contribution in [3.05, 3.63) is 0 Å². The molecule has 1 rings (SSSR count). The molecule has 1 aliphatic heterocycles. The first kappa shape index (κ1) is 12.1. The van der Waals surface area contributed by atoms with Gasteiger partial charge in [-0.25, -0.2) is 0 Å². The summed E-state index contributed by atoms with van der Waals surface area (Å²) in [7, 11) is -0.696. The average molecular weight is 220 g/mol. The Morgan fingerprint density at radius 3 is 2.36 bits per heavy atom. The second-order valence-corrected chi connectivity index (χ2v) is 5.77. The normalized spacial score (nSPS) is 30.6. The summed E-state index contributed by atoms with van der Waals surface area (Å²) in [6.45, 7) is 5.68. The van der Waals surface area contributed by atoms with Gasteiger partial charge in [0.1, 0.15) is 0 Å². The lowest BCUT2D eigenvalue weighted by molar-refractivity contribution is -0.219. The molecule has 0 radical (unpaired) electrons. The van der Waals surface area contributed by atoms with Gasteiger partial charge in [-0.3, -0.25) is 4.21 Å². The third kappa shape index (κ3) is 4.07. The lowest BCUT2D eigenvalue weighted by Gasteiger charge is -2.31. The maximum atomic E-state index is 10.9. The van der Waals surface area contributed by atoms with E-state index < -0.39 is 10.8 Å². The van der Waals surface area contributed by atoms with E-state index in [0.29, 0.717) is 11.8 Å². The van der Waals surface area contributed by atoms with Crippen LogP contribution >= 0.6 is 0 Å². The van der Waals surface area contributed by atoms with Gasteiger partial charge in [0.05, 0.1) is 13.2 Å². The molecule has 0 aromatic rings. The van der Waals surface area contributed by atoms with Gasteiger partial charge in [0.15, 0.2) is 6.29 Å². The number of hydrogen-bond donors (Lipinski definition) is 0. The first-order chi connectivity index (χ1) is 6.59. The first-order valence-electron chi connectivity index (χ1n) is 5.13. The first-order valence-corrected chi connectivity index (χ1v) is 6.85. The highest BCUT2D eigenvalue weighted by molar-refractivity contribution is 7.84. The van der Waals surface area contributed by atoms with Gasteiger partial charge in [-0.1, -0.05) is 13.8 Å². The Morgan fingerprint density at radius 1 is 1.36 bits per heavy atom. The summed E-state index contributed by atoms with van der Waals surface area (Å²) >= 11 is 0. The van der Waals surface area contributed by atoms with Gasteiger partial charge in [0.25, 0.3) is 0 Å². The number of rotatable bonds is 4. The van der Waals surface area contributed by atoms with Crippen LogP contribution in [0.3, 0.4) is 0 Å². The minimum atomic E-state index is -0.696. The molecule has 1 heterocycles. The maximum absolute atomic E-state index is 10.9. The maximum Gasteiger partial charge on any atom is 0.159 e. The van der Waals surface area contributed by atoms with E-state index >= 15 is 0 Å². The predicted molar refractivity (Wildman–Crippen MR) is 57.6 cm³/mol. The third-order valence-electron chi connectivity index (χ3n) is 2.35. The van der Waals surface area contributed by atoms with Crippen LogP contribution < -0.4 is 0 Å². The van der Waals surface area contributed by atoms with E-state index in [-0.39, 0.29) is 6.29 Å². The fourth-order valence-corrected chi connectivity index (χ4v) is 2.11. The second kappa shape index (κ2) is 5.83. The van der Waals surface area contributed by atoms with Crippen LogP contribution in [0, 0.1) is 11.8 Å². The Balaban J connectivity index is 2.19. The average Bonchev–Trinajstić information content (AvgIpc) is 2.15. The summed E-state index contributed by atoms with van der Waals surface area (Å²) in [5.41, 5.74) is 0. The van der Waals surface area contributed by atoms with Crippen molar-refractivity contribution in [2.24, 2.45) is 11.8 Å². The van der Waals surface area contributed by atoms with Gasteiger partial charge in [0.2, 0.25) is 0 Å². The van der Waals surface area contributed by atoms with Gasteiger partial charge in [0, 0.05) is 34.6 Å².